The zero-order valence-electron chi connectivity index (χ0n) is 7.48. The van der Waals surface area contributed by atoms with Crippen LogP contribution in [-0.2, 0) is 5.75 Å². The summed E-state index contributed by atoms with van der Waals surface area (Å²) in [5.74, 6) is 0.535. The fraction of sp³-hybridized carbons (Fsp3) is 0.111. The number of nitrogens with zero attached hydrogens (tertiary/aromatic N) is 2. The molecule has 2 rings (SSSR count). The Labute approximate surface area is 103 Å². The van der Waals surface area contributed by atoms with Gasteiger partial charge in [-0.2, -0.15) is 4.37 Å². The lowest BCUT2D eigenvalue weighted by molar-refractivity contribution is 0.620. The smallest absolute Gasteiger partial charge is 0.170 e. The first-order chi connectivity index (χ1) is 7.25. The molecule has 1 aromatic carbocycles. The summed E-state index contributed by atoms with van der Waals surface area (Å²) >= 11 is 6.12. The van der Waals surface area contributed by atoms with Crippen LogP contribution < -0.4 is 0 Å². The van der Waals surface area contributed by atoms with E-state index in [9.17, 15) is 4.39 Å². The summed E-state index contributed by atoms with van der Waals surface area (Å²) in [6, 6.07) is 5.01. The number of benzene rings is 1. The van der Waals surface area contributed by atoms with Crippen LogP contribution in [0, 0.1) is 5.82 Å². The van der Waals surface area contributed by atoms with Crippen molar-refractivity contribution in [3.05, 3.63) is 40.4 Å². The van der Waals surface area contributed by atoms with Crippen molar-refractivity contribution in [2.75, 3.05) is 0 Å². The minimum absolute atomic E-state index is 0.236. The summed E-state index contributed by atoms with van der Waals surface area (Å²) in [6.07, 6.45) is 1.54. The lowest BCUT2D eigenvalue weighted by atomic mass is 10.2. The molecule has 2 aromatic rings. The largest absolute Gasteiger partial charge is 0.216 e. The van der Waals surface area contributed by atoms with Gasteiger partial charge in [0.05, 0.1) is 4.47 Å². The van der Waals surface area contributed by atoms with Crippen LogP contribution in [0.4, 0.5) is 4.39 Å². The van der Waals surface area contributed by atoms with Crippen molar-refractivity contribution in [3.63, 3.8) is 0 Å². The third-order valence-corrected chi connectivity index (χ3v) is 4.16. The van der Waals surface area contributed by atoms with Gasteiger partial charge in [-0.05, 0) is 45.2 Å². The van der Waals surface area contributed by atoms with Gasteiger partial charge in [0.2, 0.25) is 0 Å². The van der Waals surface area contributed by atoms with Crippen LogP contribution in [0.2, 0.25) is 0 Å². The molecular weight excluding hydrogens is 299 g/mol. The van der Waals surface area contributed by atoms with Crippen molar-refractivity contribution in [2.45, 2.75) is 10.1 Å². The normalized spacial score (nSPS) is 10.5. The number of rotatable bonds is 3. The highest BCUT2D eigenvalue weighted by molar-refractivity contribution is 9.10. The van der Waals surface area contributed by atoms with Crippen LogP contribution in [0.1, 0.15) is 5.56 Å². The van der Waals surface area contributed by atoms with E-state index in [0.717, 1.165) is 15.7 Å². The van der Waals surface area contributed by atoms with Gasteiger partial charge in [-0.25, -0.2) is 9.37 Å². The second-order valence-electron chi connectivity index (χ2n) is 2.74. The molecule has 6 heteroatoms. The minimum Gasteiger partial charge on any atom is -0.216 e. The highest BCUT2D eigenvalue weighted by atomic mass is 79.9. The Morgan fingerprint density at radius 1 is 1.47 bits per heavy atom. The van der Waals surface area contributed by atoms with Crippen molar-refractivity contribution in [2.24, 2.45) is 0 Å². The zero-order chi connectivity index (χ0) is 10.7. The van der Waals surface area contributed by atoms with Gasteiger partial charge in [0.1, 0.15) is 12.1 Å². The first-order valence-corrected chi connectivity index (χ1v) is 6.64. The molecule has 78 valence electrons. The van der Waals surface area contributed by atoms with Gasteiger partial charge >= 0.3 is 0 Å². The maximum Gasteiger partial charge on any atom is 0.170 e. The van der Waals surface area contributed by atoms with Gasteiger partial charge in [-0.1, -0.05) is 17.8 Å². The fourth-order valence-corrected chi connectivity index (χ4v) is 2.81. The van der Waals surface area contributed by atoms with Gasteiger partial charge in [-0.15, -0.1) is 0 Å². The van der Waals surface area contributed by atoms with Crippen LogP contribution in [0.25, 0.3) is 0 Å². The standard InChI is InChI=1S/C9H6BrFN2S2/c10-7-3-6(1-2-8(7)11)4-14-9-12-5-13-15-9/h1-3,5H,4H2. The van der Waals surface area contributed by atoms with E-state index in [1.807, 2.05) is 0 Å². The Bertz CT molecular complexity index is 447. The average molecular weight is 305 g/mol. The van der Waals surface area contributed by atoms with E-state index in [1.165, 1.54) is 23.9 Å². The summed E-state index contributed by atoms with van der Waals surface area (Å²) < 4.78 is 18.3. The quantitative estimate of drug-likeness (QED) is 0.808. The fourth-order valence-electron chi connectivity index (χ4n) is 1.00. The summed E-state index contributed by atoms with van der Waals surface area (Å²) in [4.78, 5) is 4.06. The van der Waals surface area contributed by atoms with Crippen molar-refractivity contribution in [3.8, 4) is 0 Å². The number of thioether (sulfide) groups is 1. The highest BCUT2D eigenvalue weighted by Crippen LogP contribution is 2.25. The van der Waals surface area contributed by atoms with E-state index < -0.39 is 0 Å². The molecular formula is C9H6BrFN2S2. The molecule has 0 fully saturated rings. The predicted molar refractivity (Wildman–Crippen MR) is 63.6 cm³/mol. The summed E-state index contributed by atoms with van der Waals surface area (Å²) in [7, 11) is 0. The van der Waals surface area contributed by atoms with E-state index >= 15 is 0 Å². The summed E-state index contributed by atoms with van der Waals surface area (Å²) in [5.41, 5.74) is 1.06. The SMILES string of the molecule is Fc1ccc(CSc2ncns2)cc1Br. The van der Waals surface area contributed by atoms with Crippen LogP contribution in [0.15, 0.2) is 33.3 Å². The molecule has 0 saturated heterocycles. The number of hydrogen-bond acceptors (Lipinski definition) is 4. The Morgan fingerprint density at radius 3 is 3.00 bits per heavy atom. The Kier molecular flexibility index (Phi) is 3.71. The molecule has 0 amide bonds. The molecule has 0 aliphatic heterocycles. The predicted octanol–water partition coefficient (Wildman–Crippen LogP) is 3.73. The summed E-state index contributed by atoms with van der Waals surface area (Å²) in [5, 5.41) is 0. The van der Waals surface area contributed by atoms with E-state index in [2.05, 4.69) is 25.3 Å². The molecule has 15 heavy (non-hydrogen) atoms. The minimum atomic E-state index is -0.236. The molecule has 0 spiro atoms. The molecule has 0 bridgehead atoms. The first-order valence-electron chi connectivity index (χ1n) is 4.09. The van der Waals surface area contributed by atoms with Gasteiger partial charge < -0.3 is 0 Å². The molecule has 2 nitrogen and oxygen atoms in total. The van der Waals surface area contributed by atoms with Gasteiger partial charge in [0, 0.05) is 5.75 Å². The van der Waals surface area contributed by atoms with E-state index in [-0.39, 0.29) is 5.82 Å². The van der Waals surface area contributed by atoms with Crippen LogP contribution in [-0.4, -0.2) is 9.36 Å². The van der Waals surface area contributed by atoms with Gasteiger partial charge in [-0.3, -0.25) is 0 Å². The number of aromatic nitrogens is 2. The molecule has 0 saturated carbocycles. The average Bonchev–Trinajstić information content (AvgIpc) is 2.73. The van der Waals surface area contributed by atoms with Crippen LogP contribution in [0.5, 0.6) is 0 Å². The molecule has 0 aliphatic carbocycles. The second-order valence-corrected chi connectivity index (χ2v) is 5.60. The Hall–Kier alpha value is -0.460. The van der Waals surface area contributed by atoms with Crippen LogP contribution >= 0.6 is 39.2 Å². The third kappa shape index (κ3) is 2.99. The Balaban J connectivity index is 2.02. The highest BCUT2D eigenvalue weighted by Gasteiger charge is 2.02. The van der Waals surface area contributed by atoms with E-state index in [0.29, 0.717) is 4.47 Å². The van der Waals surface area contributed by atoms with Crippen molar-refractivity contribution >= 4 is 39.2 Å². The van der Waals surface area contributed by atoms with Crippen molar-refractivity contribution in [1.82, 2.24) is 9.36 Å². The first kappa shape index (κ1) is 11.0. The lowest BCUT2D eigenvalue weighted by Crippen LogP contribution is -1.83. The second kappa shape index (κ2) is 5.05. The van der Waals surface area contributed by atoms with Crippen molar-refractivity contribution in [1.29, 1.82) is 0 Å². The molecule has 0 atom stereocenters. The summed E-state index contributed by atoms with van der Waals surface area (Å²) in [6.45, 7) is 0. The van der Waals surface area contributed by atoms with Gasteiger partial charge in [0.15, 0.2) is 4.34 Å². The molecule has 0 N–H and O–H groups in total. The third-order valence-electron chi connectivity index (χ3n) is 1.69. The molecule has 0 unspecified atom stereocenters. The number of halogens is 2. The van der Waals surface area contributed by atoms with E-state index in [1.54, 1.807) is 23.9 Å². The maximum absolute atomic E-state index is 12.9. The molecule has 1 aromatic heterocycles. The maximum atomic E-state index is 12.9. The Morgan fingerprint density at radius 2 is 2.33 bits per heavy atom. The monoisotopic (exact) mass is 304 g/mol. The lowest BCUT2D eigenvalue weighted by Gasteiger charge is -2.00. The topological polar surface area (TPSA) is 25.8 Å². The van der Waals surface area contributed by atoms with E-state index in [4.69, 9.17) is 0 Å². The zero-order valence-corrected chi connectivity index (χ0v) is 10.7. The molecule has 0 radical (unpaired) electrons. The number of hydrogen-bond donors (Lipinski definition) is 0. The molecule has 1 heterocycles. The van der Waals surface area contributed by atoms with Gasteiger partial charge in [0.25, 0.3) is 0 Å². The van der Waals surface area contributed by atoms with Crippen LogP contribution in [0.3, 0.4) is 0 Å². The molecule has 0 aliphatic rings. The van der Waals surface area contributed by atoms with Crippen molar-refractivity contribution < 1.29 is 4.39 Å².